The van der Waals surface area contributed by atoms with Crippen molar-refractivity contribution >= 4 is 21.6 Å². The minimum Gasteiger partial charge on any atom is -0.493 e. The summed E-state index contributed by atoms with van der Waals surface area (Å²) >= 11 is 0. The molecule has 0 saturated carbocycles. The molecule has 2 rings (SSSR count). The minimum atomic E-state index is -3.61. The second-order valence-corrected chi connectivity index (χ2v) is 9.28. The highest BCUT2D eigenvalue weighted by Gasteiger charge is 2.28. The molecule has 7 heteroatoms. The Bertz CT molecular complexity index is 926. The van der Waals surface area contributed by atoms with Crippen molar-refractivity contribution in [2.75, 3.05) is 23.7 Å². The Morgan fingerprint density at radius 3 is 2.43 bits per heavy atom. The second-order valence-electron chi connectivity index (χ2n) is 7.42. The van der Waals surface area contributed by atoms with Gasteiger partial charge in [-0.3, -0.25) is 9.10 Å². The van der Waals surface area contributed by atoms with Crippen LogP contribution in [0.1, 0.15) is 37.8 Å². The number of hydrogen-bond donors (Lipinski definition) is 1. The highest BCUT2D eigenvalue weighted by atomic mass is 32.2. The van der Waals surface area contributed by atoms with Crippen LogP contribution < -0.4 is 14.4 Å². The number of nitrogens with zero attached hydrogens (tertiary/aromatic N) is 1. The molecular formula is C23H32N2O4S. The van der Waals surface area contributed by atoms with E-state index in [1.807, 2.05) is 43.3 Å². The summed E-state index contributed by atoms with van der Waals surface area (Å²) in [6, 6.07) is 14.1. The van der Waals surface area contributed by atoms with Gasteiger partial charge in [0.05, 0.1) is 18.6 Å². The first-order valence-electron chi connectivity index (χ1n) is 10.3. The molecule has 1 amide bonds. The zero-order chi connectivity index (χ0) is 22.1. The lowest BCUT2D eigenvalue weighted by Crippen LogP contribution is -2.48. The van der Waals surface area contributed by atoms with E-state index in [0.29, 0.717) is 18.8 Å². The zero-order valence-corrected chi connectivity index (χ0v) is 19.0. The maximum absolute atomic E-state index is 12.6. The van der Waals surface area contributed by atoms with Crippen LogP contribution in [0.15, 0.2) is 48.5 Å². The number of rotatable bonds is 11. The van der Waals surface area contributed by atoms with Crippen molar-refractivity contribution in [2.24, 2.45) is 0 Å². The van der Waals surface area contributed by atoms with Crippen LogP contribution in [0.4, 0.5) is 5.69 Å². The van der Waals surface area contributed by atoms with Crippen molar-refractivity contribution in [2.45, 2.75) is 46.1 Å². The van der Waals surface area contributed by atoms with E-state index < -0.39 is 16.1 Å². The number of sulfonamides is 1. The molecule has 1 atom stereocenters. The Hall–Kier alpha value is -2.54. The van der Waals surface area contributed by atoms with Crippen molar-refractivity contribution < 1.29 is 17.9 Å². The number of benzene rings is 2. The van der Waals surface area contributed by atoms with Crippen molar-refractivity contribution in [3.63, 3.8) is 0 Å². The van der Waals surface area contributed by atoms with Gasteiger partial charge < -0.3 is 10.1 Å². The molecule has 0 unspecified atom stereocenters. The third-order valence-corrected chi connectivity index (χ3v) is 5.98. The van der Waals surface area contributed by atoms with E-state index >= 15 is 0 Å². The van der Waals surface area contributed by atoms with Gasteiger partial charge in [-0.2, -0.15) is 0 Å². The summed E-state index contributed by atoms with van der Waals surface area (Å²) in [5, 5.41) is 2.86. The van der Waals surface area contributed by atoms with Gasteiger partial charge in [-0.05, 0) is 56.9 Å². The summed E-state index contributed by atoms with van der Waals surface area (Å²) in [5.74, 6) is 0.554. The van der Waals surface area contributed by atoms with Crippen LogP contribution in [-0.2, 0) is 21.2 Å². The molecule has 0 fully saturated rings. The highest BCUT2D eigenvalue weighted by molar-refractivity contribution is 7.92. The molecule has 0 aliphatic carbocycles. The average molecular weight is 433 g/mol. The van der Waals surface area contributed by atoms with E-state index in [9.17, 15) is 13.2 Å². The van der Waals surface area contributed by atoms with Crippen LogP contribution in [0.2, 0.25) is 0 Å². The number of amides is 1. The van der Waals surface area contributed by atoms with Crippen molar-refractivity contribution in [1.82, 2.24) is 5.32 Å². The number of para-hydroxylation sites is 1. The molecule has 0 heterocycles. The summed E-state index contributed by atoms with van der Waals surface area (Å²) in [5.41, 5.74) is 2.60. The monoisotopic (exact) mass is 432 g/mol. The summed E-state index contributed by atoms with van der Waals surface area (Å²) < 4.78 is 31.6. The van der Waals surface area contributed by atoms with E-state index in [1.54, 1.807) is 19.1 Å². The molecule has 30 heavy (non-hydrogen) atoms. The van der Waals surface area contributed by atoms with Crippen LogP contribution >= 0.6 is 0 Å². The average Bonchev–Trinajstić information content (AvgIpc) is 2.70. The van der Waals surface area contributed by atoms with Gasteiger partial charge in [0.1, 0.15) is 11.8 Å². The zero-order valence-electron chi connectivity index (χ0n) is 18.2. The molecule has 0 aliphatic rings. The van der Waals surface area contributed by atoms with E-state index in [0.717, 1.165) is 46.7 Å². The maximum atomic E-state index is 12.6. The van der Waals surface area contributed by atoms with Gasteiger partial charge in [-0.1, -0.05) is 42.8 Å². The van der Waals surface area contributed by atoms with Gasteiger partial charge in [0.2, 0.25) is 15.9 Å². The SMILES string of the molecule is CCCOc1ccccc1CCCNC(=O)[C@H](C)N(c1ccc(C)cc1)S(C)(=O)=O. The molecule has 0 radical (unpaired) electrons. The Morgan fingerprint density at radius 2 is 1.80 bits per heavy atom. The van der Waals surface area contributed by atoms with E-state index in [4.69, 9.17) is 4.74 Å². The standard InChI is InChI=1S/C23H32N2O4S/c1-5-17-29-22-11-7-6-9-20(22)10-8-16-24-23(26)19(3)25(30(4,27)28)21-14-12-18(2)13-15-21/h6-7,9,11-15,19H,5,8,10,16-17H2,1-4H3,(H,24,26)/t19-/m0/s1. The maximum Gasteiger partial charge on any atom is 0.243 e. The number of carbonyl (C=O) groups excluding carboxylic acids is 1. The minimum absolute atomic E-state index is 0.323. The molecule has 164 valence electrons. The Labute approximate surface area is 180 Å². The van der Waals surface area contributed by atoms with Gasteiger partial charge in [0, 0.05) is 6.54 Å². The van der Waals surface area contributed by atoms with Crippen molar-refractivity contribution in [1.29, 1.82) is 0 Å². The third-order valence-electron chi connectivity index (χ3n) is 4.73. The summed E-state index contributed by atoms with van der Waals surface area (Å²) in [6.45, 7) is 6.72. The van der Waals surface area contributed by atoms with Crippen LogP contribution in [-0.4, -0.2) is 39.8 Å². The number of nitrogens with one attached hydrogen (secondary N) is 1. The fourth-order valence-electron chi connectivity index (χ4n) is 3.20. The van der Waals surface area contributed by atoms with Gasteiger partial charge in [-0.25, -0.2) is 8.42 Å². The molecule has 0 bridgehead atoms. The molecule has 2 aromatic carbocycles. The second kappa shape index (κ2) is 11.0. The van der Waals surface area contributed by atoms with Gasteiger partial charge in [-0.15, -0.1) is 0 Å². The van der Waals surface area contributed by atoms with Crippen LogP contribution in [0.5, 0.6) is 5.75 Å². The lowest BCUT2D eigenvalue weighted by Gasteiger charge is -2.28. The Balaban J connectivity index is 1.96. The molecule has 0 aromatic heterocycles. The molecule has 0 spiro atoms. The Kier molecular flexibility index (Phi) is 8.72. The molecule has 0 saturated heterocycles. The molecule has 2 aromatic rings. The van der Waals surface area contributed by atoms with E-state index in [2.05, 4.69) is 12.2 Å². The van der Waals surface area contributed by atoms with Gasteiger partial charge in [0.15, 0.2) is 0 Å². The predicted octanol–water partition coefficient (Wildman–Crippen LogP) is 3.69. The first-order chi connectivity index (χ1) is 14.2. The summed E-state index contributed by atoms with van der Waals surface area (Å²) in [6.07, 6.45) is 3.56. The number of hydrogen-bond acceptors (Lipinski definition) is 4. The third kappa shape index (κ3) is 6.76. The Morgan fingerprint density at radius 1 is 1.13 bits per heavy atom. The predicted molar refractivity (Wildman–Crippen MR) is 122 cm³/mol. The number of anilines is 1. The van der Waals surface area contributed by atoms with Crippen LogP contribution in [0, 0.1) is 6.92 Å². The number of ether oxygens (including phenoxy) is 1. The number of carbonyl (C=O) groups is 1. The fraction of sp³-hybridized carbons (Fsp3) is 0.435. The van der Waals surface area contributed by atoms with Crippen molar-refractivity contribution in [3.05, 3.63) is 59.7 Å². The normalized spacial score (nSPS) is 12.3. The van der Waals surface area contributed by atoms with Gasteiger partial charge in [0.25, 0.3) is 0 Å². The molecule has 6 nitrogen and oxygen atoms in total. The van der Waals surface area contributed by atoms with Gasteiger partial charge >= 0.3 is 0 Å². The van der Waals surface area contributed by atoms with Crippen molar-refractivity contribution in [3.8, 4) is 5.75 Å². The van der Waals surface area contributed by atoms with Crippen LogP contribution in [0.25, 0.3) is 0 Å². The summed E-state index contributed by atoms with van der Waals surface area (Å²) in [7, 11) is -3.61. The smallest absolute Gasteiger partial charge is 0.243 e. The fourth-order valence-corrected chi connectivity index (χ4v) is 4.38. The number of aryl methyl sites for hydroxylation is 2. The summed E-state index contributed by atoms with van der Waals surface area (Å²) in [4.78, 5) is 12.6. The van der Waals surface area contributed by atoms with E-state index in [-0.39, 0.29) is 5.91 Å². The van der Waals surface area contributed by atoms with E-state index in [1.165, 1.54) is 0 Å². The largest absolute Gasteiger partial charge is 0.493 e. The topological polar surface area (TPSA) is 75.7 Å². The highest BCUT2D eigenvalue weighted by Crippen LogP contribution is 2.22. The quantitative estimate of drug-likeness (QED) is 0.550. The first-order valence-corrected chi connectivity index (χ1v) is 12.1. The van der Waals surface area contributed by atoms with Crippen LogP contribution in [0.3, 0.4) is 0 Å². The lowest BCUT2D eigenvalue weighted by molar-refractivity contribution is -0.121. The first kappa shape index (κ1) is 23.7. The molecule has 1 N–H and O–H groups in total. The molecular weight excluding hydrogens is 400 g/mol. The molecule has 0 aliphatic heterocycles. The lowest BCUT2D eigenvalue weighted by atomic mass is 10.1.